The third-order valence-corrected chi connectivity index (χ3v) is 4.98. The van der Waals surface area contributed by atoms with Crippen molar-refractivity contribution in [1.29, 1.82) is 0 Å². The van der Waals surface area contributed by atoms with Crippen LogP contribution in [0, 0.1) is 6.92 Å². The Morgan fingerprint density at radius 3 is 3.10 bits per heavy atom. The minimum Gasteiger partial charge on any atom is -0.381 e. The van der Waals surface area contributed by atoms with Gasteiger partial charge >= 0.3 is 0 Å². The van der Waals surface area contributed by atoms with Crippen molar-refractivity contribution in [3.05, 3.63) is 33.1 Å². The van der Waals surface area contributed by atoms with Crippen molar-refractivity contribution < 1.29 is 4.74 Å². The highest BCUT2D eigenvalue weighted by Gasteiger charge is 2.19. The molecule has 5 nitrogen and oxygen atoms in total. The van der Waals surface area contributed by atoms with E-state index >= 15 is 0 Å². The van der Waals surface area contributed by atoms with E-state index in [0.29, 0.717) is 5.92 Å². The van der Waals surface area contributed by atoms with Gasteiger partial charge in [0.05, 0.1) is 23.0 Å². The van der Waals surface area contributed by atoms with Gasteiger partial charge in [-0.25, -0.2) is 15.0 Å². The first-order chi connectivity index (χ1) is 10.2. The van der Waals surface area contributed by atoms with Gasteiger partial charge in [-0.2, -0.15) is 0 Å². The summed E-state index contributed by atoms with van der Waals surface area (Å²) in [6, 6.07) is 2.01. The maximum absolute atomic E-state index is 6.02. The highest BCUT2D eigenvalue weighted by Crippen LogP contribution is 2.25. The lowest BCUT2D eigenvalue weighted by atomic mass is 10.1. The summed E-state index contributed by atoms with van der Waals surface area (Å²) in [6.45, 7) is 4.28. The van der Waals surface area contributed by atoms with Gasteiger partial charge in [0.15, 0.2) is 0 Å². The summed E-state index contributed by atoms with van der Waals surface area (Å²) in [5.74, 6) is 1.25. The molecule has 2 aromatic heterocycles. The second-order valence-electron chi connectivity index (χ2n) is 5.03. The molecule has 3 rings (SSSR count). The Labute approximate surface area is 132 Å². The van der Waals surface area contributed by atoms with Crippen molar-refractivity contribution in [3.8, 4) is 0 Å². The number of hydrogen-bond acceptors (Lipinski definition) is 6. The molecule has 1 saturated heterocycles. The Morgan fingerprint density at radius 2 is 2.38 bits per heavy atom. The molecule has 3 heterocycles. The molecule has 0 radical (unpaired) electrons. The van der Waals surface area contributed by atoms with Crippen LogP contribution in [-0.4, -0.2) is 34.7 Å². The smallest absolute Gasteiger partial charge is 0.129 e. The van der Waals surface area contributed by atoms with Gasteiger partial charge in [0.25, 0.3) is 0 Å². The molecule has 112 valence electrons. The molecule has 0 unspecified atom stereocenters. The van der Waals surface area contributed by atoms with E-state index in [1.807, 2.05) is 13.0 Å². The van der Waals surface area contributed by atoms with Crippen LogP contribution in [0.25, 0.3) is 0 Å². The van der Waals surface area contributed by atoms with Crippen LogP contribution in [0.2, 0.25) is 4.34 Å². The molecule has 0 bridgehead atoms. The second-order valence-corrected chi connectivity index (χ2v) is 6.72. The van der Waals surface area contributed by atoms with Gasteiger partial charge in [-0.05, 0) is 13.3 Å². The topological polar surface area (TPSA) is 59.9 Å². The van der Waals surface area contributed by atoms with Gasteiger partial charge in [0.2, 0.25) is 0 Å². The van der Waals surface area contributed by atoms with Crippen molar-refractivity contribution >= 4 is 28.8 Å². The average molecular weight is 325 g/mol. The van der Waals surface area contributed by atoms with Crippen LogP contribution in [0.3, 0.4) is 0 Å². The monoisotopic (exact) mass is 324 g/mol. The van der Waals surface area contributed by atoms with Gasteiger partial charge < -0.3 is 10.1 Å². The lowest BCUT2D eigenvalue weighted by Crippen LogP contribution is -2.08. The van der Waals surface area contributed by atoms with Crippen LogP contribution in [0.4, 0.5) is 5.82 Å². The summed E-state index contributed by atoms with van der Waals surface area (Å²) >= 11 is 7.56. The molecule has 0 spiro atoms. The zero-order chi connectivity index (χ0) is 14.7. The Kier molecular flexibility index (Phi) is 4.67. The van der Waals surface area contributed by atoms with E-state index in [2.05, 4.69) is 20.3 Å². The fourth-order valence-corrected chi connectivity index (χ4v) is 3.39. The quantitative estimate of drug-likeness (QED) is 0.916. The van der Waals surface area contributed by atoms with Gasteiger partial charge in [0.1, 0.15) is 16.5 Å². The van der Waals surface area contributed by atoms with Gasteiger partial charge in [-0.3, -0.25) is 0 Å². The molecule has 7 heteroatoms. The number of rotatable bonds is 5. The van der Waals surface area contributed by atoms with Crippen molar-refractivity contribution in [2.75, 3.05) is 25.1 Å². The van der Waals surface area contributed by atoms with E-state index in [0.717, 1.165) is 59.1 Å². The first-order valence-electron chi connectivity index (χ1n) is 6.98. The number of hydrogen-bond donors (Lipinski definition) is 1. The summed E-state index contributed by atoms with van der Waals surface area (Å²) in [5.41, 5.74) is 1.96. The maximum Gasteiger partial charge on any atom is 0.129 e. The lowest BCUT2D eigenvalue weighted by molar-refractivity contribution is 0.193. The number of thiazole rings is 1. The predicted molar refractivity (Wildman–Crippen MR) is 84.3 cm³/mol. The molecular formula is C14H17ClN4OS. The molecule has 1 atom stereocenters. The Hall–Kier alpha value is -1.24. The number of anilines is 1. The molecule has 0 aromatic carbocycles. The maximum atomic E-state index is 6.02. The van der Waals surface area contributed by atoms with E-state index < -0.39 is 0 Å². The van der Waals surface area contributed by atoms with E-state index in [-0.39, 0.29) is 0 Å². The Bertz CT molecular complexity index is 593. The van der Waals surface area contributed by atoms with Crippen molar-refractivity contribution in [3.63, 3.8) is 0 Å². The fourth-order valence-electron chi connectivity index (χ4n) is 2.30. The molecule has 2 aromatic rings. The third-order valence-electron chi connectivity index (χ3n) is 3.47. The van der Waals surface area contributed by atoms with Crippen molar-refractivity contribution in [2.24, 2.45) is 0 Å². The summed E-state index contributed by atoms with van der Waals surface area (Å²) in [5, 5.41) is 4.36. The van der Waals surface area contributed by atoms with E-state index in [4.69, 9.17) is 16.3 Å². The SMILES string of the molecule is Cc1nc(CCNc2cc([C@H]3CCOC3)ncn2)sc1Cl. The van der Waals surface area contributed by atoms with Gasteiger partial charge in [-0.15, -0.1) is 11.3 Å². The molecule has 1 aliphatic heterocycles. The van der Waals surface area contributed by atoms with Crippen LogP contribution in [0.5, 0.6) is 0 Å². The first kappa shape index (κ1) is 14.7. The highest BCUT2D eigenvalue weighted by atomic mass is 35.5. The zero-order valence-corrected chi connectivity index (χ0v) is 13.4. The second kappa shape index (κ2) is 6.68. The lowest BCUT2D eigenvalue weighted by Gasteiger charge is -2.09. The number of nitrogens with zero attached hydrogens (tertiary/aromatic N) is 3. The average Bonchev–Trinajstić information content (AvgIpc) is 3.10. The van der Waals surface area contributed by atoms with Gasteiger partial charge in [-0.1, -0.05) is 11.6 Å². The molecule has 0 saturated carbocycles. The molecule has 1 fully saturated rings. The minimum atomic E-state index is 0.397. The van der Waals surface area contributed by atoms with Crippen LogP contribution in [0.15, 0.2) is 12.4 Å². The third kappa shape index (κ3) is 3.70. The number of aromatic nitrogens is 3. The molecule has 21 heavy (non-hydrogen) atoms. The first-order valence-corrected chi connectivity index (χ1v) is 8.17. The van der Waals surface area contributed by atoms with Crippen LogP contribution >= 0.6 is 22.9 Å². The van der Waals surface area contributed by atoms with E-state index in [1.54, 1.807) is 6.33 Å². The number of aryl methyl sites for hydroxylation is 1. The zero-order valence-electron chi connectivity index (χ0n) is 11.8. The fraction of sp³-hybridized carbons (Fsp3) is 0.500. The summed E-state index contributed by atoms with van der Waals surface area (Å²) in [6.07, 6.45) is 3.48. The van der Waals surface area contributed by atoms with Crippen LogP contribution < -0.4 is 5.32 Å². The van der Waals surface area contributed by atoms with Crippen molar-refractivity contribution in [2.45, 2.75) is 25.7 Å². The summed E-state index contributed by atoms with van der Waals surface area (Å²) < 4.78 is 6.18. The minimum absolute atomic E-state index is 0.397. The predicted octanol–water partition coefficient (Wildman–Crippen LogP) is 3.05. The van der Waals surface area contributed by atoms with E-state index in [1.165, 1.54) is 11.3 Å². The standard InChI is InChI=1S/C14H17ClN4OS/c1-9-14(15)21-13(19-9)2-4-16-12-6-11(17-8-18-12)10-3-5-20-7-10/h6,8,10H,2-5,7H2,1H3,(H,16,17,18)/t10-/m0/s1. The van der Waals surface area contributed by atoms with Gasteiger partial charge in [0, 0.05) is 31.6 Å². The summed E-state index contributed by atoms with van der Waals surface area (Å²) in [4.78, 5) is 13.0. The molecule has 1 aliphatic rings. The Morgan fingerprint density at radius 1 is 1.48 bits per heavy atom. The summed E-state index contributed by atoms with van der Waals surface area (Å²) in [7, 11) is 0. The normalized spacial score (nSPS) is 18.1. The highest BCUT2D eigenvalue weighted by molar-refractivity contribution is 7.16. The molecule has 0 aliphatic carbocycles. The molecule has 1 N–H and O–H groups in total. The van der Waals surface area contributed by atoms with Crippen molar-refractivity contribution in [1.82, 2.24) is 15.0 Å². The number of nitrogens with one attached hydrogen (secondary N) is 1. The van der Waals surface area contributed by atoms with Crippen LogP contribution in [-0.2, 0) is 11.2 Å². The number of halogens is 1. The van der Waals surface area contributed by atoms with E-state index in [9.17, 15) is 0 Å². The van der Waals surface area contributed by atoms with Crippen LogP contribution in [0.1, 0.15) is 28.7 Å². The largest absolute Gasteiger partial charge is 0.381 e. The molecule has 0 amide bonds. The Balaban J connectivity index is 1.56. The molecular weight excluding hydrogens is 308 g/mol. The number of ether oxygens (including phenoxy) is 1.